The molecule has 0 fully saturated rings. The van der Waals surface area contributed by atoms with Gasteiger partial charge in [0.05, 0.1) is 6.61 Å². The highest BCUT2D eigenvalue weighted by Gasteiger charge is 2.07. The van der Waals surface area contributed by atoms with Crippen molar-refractivity contribution in [3.05, 3.63) is 29.6 Å². The number of hydrogen-bond donors (Lipinski definition) is 0. The molecule has 0 bridgehead atoms. The van der Waals surface area contributed by atoms with Crippen LogP contribution in [0.3, 0.4) is 0 Å². The van der Waals surface area contributed by atoms with E-state index in [1.807, 2.05) is 13.8 Å². The van der Waals surface area contributed by atoms with Crippen LogP contribution in [0.15, 0.2) is 18.2 Å². The molecule has 2 nitrogen and oxygen atoms in total. The maximum Gasteiger partial charge on any atom is 0.226 e. The third kappa shape index (κ3) is 4.19. The Morgan fingerprint density at radius 3 is 2.69 bits per heavy atom. The van der Waals surface area contributed by atoms with Crippen LogP contribution in [0.2, 0.25) is 0 Å². The maximum absolute atomic E-state index is 13.4. The van der Waals surface area contributed by atoms with Crippen LogP contribution in [-0.2, 0) is 11.2 Å². The fourth-order valence-corrected chi connectivity index (χ4v) is 1.32. The summed E-state index contributed by atoms with van der Waals surface area (Å²) >= 11 is 5.19. The zero-order valence-electron chi connectivity index (χ0n) is 9.30. The van der Waals surface area contributed by atoms with Gasteiger partial charge in [-0.1, -0.05) is 19.9 Å². The molecular weight excluding hydrogens is 231 g/mol. The number of carbonyl (C=O) groups excluding carboxylic acids is 1. The largest absolute Gasteiger partial charge is 0.493 e. The van der Waals surface area contributed by atoms with E-state index in [-0.39, 0.29) is 12.0 Å². The summed E-state index contributed by atoms with van der Waals surface area (Å²) in [5.74, 6) is 0.388. The van der Waals surface area contributed by atoms with Crippen LogP contribution in [0.25, 0.3) is 0 Å². The molecule has 0 aromatic heterocycles. The van der Waals surface area contributed by atoms with E-state index in [1.54, 1.807) is 6.07 Å². The Hall–Kier alpha value is -1.09. The normalized spacial score (nSPS) is 10.6. The average Bonchev–Trinajstić information content (AvgIpc) is 2.18. The van der Waals surface area contributed by atoms with Gasteiger partial charge in [-0.25, -0.2) is 4.39 Å². The van der Waals surface area contributed by atoms with Crippen LogP contribution in [0.5, 0.6) is 5.75 Å². The summed E-state index contributed by atoms with van der Waals surface area (Å²) in [5.41, 5.74) is 0.289. The highest BCUT2D eigenvalue weighted by atomic mass is 35.5. The number of ether oxygens (including phenoxy) is 1. The van der Waals surface area contributed by atoms with Crippen molar-refractivity contribution < 1.29 is 13.9 Å². The summed E-state index contributed by atoms with van der Waals surface area (Å²) < 4.78 is 18.8. The van der Waals surface area contributed by atoms with E-state index >= 15 is 0 Å². The lowest BCUT2D eigenvalue weighted by Gasteiger charge is -2.09. The Balaban J connectivity index is 2.70. The molecule has 16 heavy (non-hydrogen) atoms. The fraction of sp³-hybridized carbons (Fsp3) is 0.417. The van der Waals surface area contributed by atoms with Gasteiger partial charge in [0.2, 0.25) is 5.24 Å². The molecule has 0 unspecified atom stereocenters. The molecule has 1 aromatic rings. The van der Waals surface area contributed by atoms with Crippen molar-refractivity contribution in [3.63, 3.8) is 0 Å². The van der Waals surface area contributed by atoms with Crippen molar-refractivity contribution >= 4 is 16.8 Å². The first-order valence-corrected chi connectivity index (χ1v) is 5.46. The van der Waals surface area contributed by atoms with Gasteiger partial charge in [0.15, 0.2) is 0 Å². The highest BCUT2D eigenvalue weighted by Crippen LogP contribution is 2.18. The van der Waals surface area contributed by atoms with E-state index in [4.69, 9.17) is 16.3 Å². The van der Waals surface area contributed by atoms with Crippen LogP contribution in [0.1, 0.15) is 19.4 Å². The van der Waals surface area contributed by atoms with Crippen molar-refractivity contribution in [2.24, 2.45) is 5.92 Å². The number of hydrogen-bond acceptors (Lipinski definition) is 2. The molecular formula is C12H14ClFO2. The van der Waals surface area contributed by atoms with E-state index < -0.39 is 11.1 Å². The SMILES string of the molecule is CC(C)COc1ccc(CC(=O)Cl)c(F)c1. The van der Waals surface area contributed by atoms with Crippen molar-refractivity contribution in [3.8, 4) is 5.75 Å². The van der Waals surface area contributed by atoms with E-state index in [2.05, 4.69) is 0 Å². The van der Waals surface area contributed by atoms with Gasteiger partial charge in [-0.05, 0) is 29.1 Å². The second-order valence-corrected chi connectivity index (χ2v) is 4.41. The van der Waals surface area contributed by atoms with E-state index in [0.717, 1.165) is 0 Å². The third-order valence-corrected chi connectivity index (χ3v) is 2.07. The highest BCUT2D eigenvalue weighted by molar-refractivity contribution is 6.63. The summed E-state index contributed by atoms with van der Waals surface area (Å²) in [7, 11) is 0. The second kappa shape index (κ2) is 5.85. The van der Waals surface area contributed by atoms with E-state index in [1.165, 1.54) is 12.1 Å². The van der Waals surface area contributed by atoms with Crippen LogP contribution < -0.4 is 4.74 Å². The minimum atomic E-state index is -0.574. The first kappa shape index (κ1) is 13.0. The van der Waals surface area contributed by atoms with Crippen molar-refractivity contribution in [1.29, 1.82) is 0 Å². The molecule has 0 saturated heterocycles. The molecule has 1 rings (SSSR count). The Morgan fingerprint density at radius 1 is 1.50 bits per heavy atom. The van der Waals surface area contributed by atoms with E-state index in [0.29, 0.717) is 18.3 Å². The standard InChI is InChI=1S/C12H14ClFO2/c1-8(2)7-16-10-4-3-9(5-12(13)15)11(14)6-10/h3-4,6,8H,5,7H2,1-2H3. The van der Waals surface area contributed by atoms with Gasteiger partial charge in [-0.3, -0.25) is 4.79 Å². The molecule has 0 N–H and O–H groups in total. The molecule has 0 aliphatic carbocycles. The lowest BCUT2D eigenvalue weighted by atomic mass is 10.1. The van der Waals surface area contributed by atoms with Gasteiger partial charge < -0.3 is 4.74 Å². The molecule has 0 heterocycles. The molecule has 88 valence electrons. The minimum absolute atomic E-state index is 0.0994. The predicted molar refractivity (Wildman–Crippen MR) is 61.3 cm³/mol. The maximum atomic E-state index is 13.4. The smallest absolute Gasteiger partial charge is 0.226 e. The minimum Gasteiger partial charge on any atom is -0.493 e. The Labute approximate surface area is 99.4 Å². The van der Waals surface area contributed by atoms with Crippen molar-refractivity contribution in [2.45, 2.75) is 20.3 Å². The monoisotopic (exact) mass is 244 g/mol. The van der Waals surface area contributed by atoms with Crippen LogP contribution >= 0.6 is 11.6 Å². The zero-order valence-corrected chi connectivity index (χ0v) is 10.1. The van der Waals surface area contributed by atoms with Crippen molar-refractivity contribution in [1.82, 2.24) is 0 Å². The summed E-state index contributed by atoms with van der Waals surface area (Å²) in [5, 5.41) is -0.574. The zero-order chi connectivity index (χ0) is 12.1. The van der Waals surface area contributed by atoms with Gasteiger partial charge in [0.25, 0.3) is 0 Å². The third-order valence-electron chi connectivity index (χ3n) is 1.94. The van der Waals surface area contributed by atoms with Gasteiger partial charge in [-0.15, -0.1) is 0 Å². The number of rotatable bonds is 5. The Kier molecular flexibility index (Phi) is 4.74. The lowest BCUT2D eigenvalue weighted by molar-refractivity contribution is -0.111. The second-order valence-electron chi connectivity index (χ2n) is 3.99. The number of benzene rings is 1. The molecule has 0 atom stereocenters. The topological polar surface area (TPSA) is 26.3 Å². The van der Waals surface area contributed by atoms with Gasteiger partial charge in [0, 0.05) is 12.5 Å². The lowest BCUT2D eigenvalue weighted by Crippen LogP contribution is -2.05. The quantitative estimate of drug-likeness (QED) is 0.744. The molecule has 1 aromatic carbocycles. The summed E-state index contributed by atoms with van der Waals surface area (Å²) in [6.45, 7) is 4.56. The molecule has 4 heteroatoms. The number of halogens is 2. The fourth-order valence-electron chi connectivity index (χ4n) is 1.17. The van der Waals surface area contributed by atoms with Gasteiger partial charge in [-0.2, -0.15) is 0 Å². The Morgan fingerprint density at radius 2 is 2.19 bits per heavy atom. The first-order valence-electron chi connectivity index (χ1n) is 5.08. The average molecular weight is 245 g/mol. The first-order chi connectivity index (χ1) is 7.49. The van der Waals surface area contributed by atoms with Crippen LogP contribution in [-0.4, -0.2) is 11.8 Å². The summed E-state index contributed by atoms with van der Waals surface area (Å²) in [6, 6.07) is 4.43. The van der Waals surface area contributed by atoms with Gasteiger partial charge in [0.1, 0.15) is 11.6 Å². The van der Waals surface area contributed by atoms with E-state index in [9.17, 15) is 9.18 Å². The van der Waals surface area contributed by atoms with Gasteiger partial charge >= 0.3 is 0 Å². The summed E-state index contributed by atoms with van der Waals surface area (Å²) in [6.07, 6.45) is -0.0994. The molecule has 0 spiro atoms. The Bertz CT molecular complexity index is 377. The molecule has 0 aliphatic rings. The predicted octanol–water partition coefficient (Wildman–Crippen LogP) is 3.17. The molecule has 0 saturated carbocycles. The molecule has 0 radical (unpaired) electrons. The van der Waals surface area contributed by atoms with Crippen molar-refractivity contribution in [2.75, 3.05) is 6.61 Å². The van der Waals surface area contributed by atoms with Crippen LogP contribution in [0, 0.1) is 11.7 Å². The number of carbonyl (C=O) groups is 1. The van der Waals surface area contributed by atoms with Crippen LogP contribution in [0.4, 0.5) is 4.39 Å². The summed E-state index contributed by atoms with van der Waals surface area (Å²) in [4.78, 5) is 10.6. The molecule has 0 amide bonds. The molecule has 0 aliphatic heterocycles.